The first-order chi connectivity index (χ1) is 10.2. The monoisotopic (exact) mass is 304 g/mol. The van der Waals surface area contributed by atoms with Gasteiger partial charge in [0.1, 0.15) is 17.9 Å². The summed E-state index contributed by atoms with van der Waals surface area (Å²) in [6.45, 7) is 5.87. The lowest BCUT2D eigenvalue weighted by Crippen LogP contribution is -2.60. The van der Waals surface area contributed by atoms with E-state index in [1.807, 2.05) is 0 Å². The number of hydrogen-bond donors (Lipinski definition) is 0. The number of piperazine rings is 1. The minimum Gasteiger partial charge on any atom is -0.332 e. The molecule has 2 fully saturated rings. The van der Waals surface area contributed by atoms with Gasteiger partial charge in [-0.05, 0) is 36.5 Å². The average Bonchev–Trinajstić information content (AvgIpc) is 2.75. The molecule has 0 spiro atoms. The highest BCUT2D eigenvalue weighted by Crippen LogP contribution is 2.51. The molecule has 2 aliphatic rings. The van der Waals surface area contributed by atoms with Crippen LogP contribution in [0.2, 0.25) is 0 Å². The number of likely N-dealkylation sites (N-methyl/N-ethyl adjacent to an activating group) is 1. The first-order valence-corrected chi connectivity index (χ1v) is 7.58. The van der Waals surface area contributed by atoms with Crippen LogP contribution in [0.1, 0.15) is 38.8 Å². The lowest BCUT2D eigenvalue weighted by Gasteiger charge is -2.42. The molecule has 0 bridgehead atoms. The second-order valence-corrected chi connectivity index (χ2v) is 7.03. The van der Waals surface area contributed by atoms with Crippen molar-refractivity contribution in [1.29, 1.82) is 0 Å². The summed E-state index contributed by atoms with van der Waals surface area (Å²) in [5, 5.41) is 0. The van der Waals surface area contributed by atoms with Crippen molar-refractivity contribution in [3.8, 4) is 0 Å². The SMILES string of the molecule is C[C@@H]1C(=O)N2C(c3ccc(F)cc3)C(C)(C)C[C@H]2C(=O)N1C. The fourth-order valence-electron chi connectivity index (χ4n) is 3.82. The summed E-state index contributed by atoms with van der Waals surface area (Å²) in [5.41, 5.74) is 0.644. The standard InChI is InChI=1S/C17H21FN2O2/c1-10-15(21)20-13(16(22)19(10)4)9-17(2,3)14(20)11-5-7-12(18)8-6-11/h5-8,10,13-14H,9H2,1-4H3/t10-,13+,14?/m1/s1. The van der Waals surface area contributed by atoms with Crippen LogP contribution in [0.15, 0.2) is 24.3 Å². The molecule has 0 radical (unpaired) electrons. The molecule has 2 saturated heterocycles. The lowest BCUT2D eigenvalue weighted by molar-refractivity contribution is -0.159. The Kier molecular flexibility index (Phi) is 3.27. The average molecular weight is 304 g/mol. The largest absolute Gasteiger partial charge is 0.332 e. The lowest BCUT2D eigenvalue weighted by atomic mass is 9.80. The number of carbonyl (C=O) groups excluding carboxylic acids is 2. The van der Waals surface area contributed by atoms with E-state index in [1.54, 1.807) is 31.0 Å². The summed E-state index contributed by atoms with van der Waals surface area (Å²) >= 11 is 0. The predicted molar refractivity (Wildman–Crippen MR) is 80.4 cm³/mol. The number of halogens is 1. The minimum absolute atomic E-state index is 0.00946. The molecule has 5 heteroatoms. The van der Waals surface area contributed by atoms with Gasteiger partial charge in [-0.15, -0.1) is 0 Å². The summed E-state index contributed by atoms with van der Waals surface area (Å²) in [7, 11) is 1.68. The zero-order chi connectivity index (χ0) is 16.2. The summed E-state index contributed by atoms with van der Waals surface area (Å²) in [5.74, 6) is -0.345. The maximum Gasteiger partial charge on any atom is 0.246 e. The zero-order valence-electron chi connectivity index (χ0n) is 13.3. The van der Waals surface area contributed by atoms with Crippen molar-refractivity contribution < 1.29 is 14.0 Å². The Morgan fingerprint density at radius 3 is 2.32 bits per heavy atom. The third-order valence-corrected chi connectivity index (χ3v) is 5.08. The Bertz CT molecular complexity index is 626. The molecule has 0 saturated carbocycles. The Labute approximate surface area is 129 Å². The van der Waals surface area contributed by atoms with E-state index in [2.05, 4.69) is 13.8 Å². The second-order valence-electron chi connectivity index (χ2n) is 7.03. The summed E-state index contributed by atoms with van der Waals surface area (Å²) in [6.07, 6.45) is 0.622. The van der Waals surface area contributed by atoms with Gasteiger partial charge in [-0.3, -0.25) is 9.59 Å². The maximum absolute atomic E-state index is 13.2. The smallest absolute Gasteiger partial charge is 0.246 e. The molecule has 3 rings (SSSR count). The van der Waals surface area contributed by atoms with E-state index < -0.39 is 12.1 Å². The highest BCUT2D eigenvalue weighted by atomic mass is 19.1. The van der Waals surface area contributed by atoms with Crippen LogP contribution in [-0.2, 0) is 9.59 Å². The van der Waals surface area contributed by atoms with Gasteiger partial charge in [0.15, 0.2) is 0 Å². The highest BCUT2D eigenvalue weighted by Gasteiger charge is 2.56. The summed E-state index contributed by atoms with van der Waals surface area (Å²) < 4.78 is 13.2. The molecule has 0 aliphatic carbocycles. The van der Waals surface area contributed by atoms with Gasteiger partial charge in [-0.25, -0.2) is 4.39 Å². The first-order valence-electron chi connectivity index (χ1n) is 7.58. The highest BCUT2D eigenvalue weighted by molar-refractivity contribution is 5.97. The molecule has 2 aliphatic heterocycles. The molecule has 118 valence electrons. The predicted octanol–water partition coefficient (Wildman–Crippen LogP) is 2.35. The second kappa shape index (κ2) is 4.80. The molecule has 1 unspecified atom stereocenters. The van der Waals surface area contributed by atoms with Crippen LogP contribution < -0.4 is 0 Å². The minimum atomic E-state index is -0.458. The molecule has 2 amide bonds. The van der Waals surface area contributed by atoms with Crippen molar-refractivity contribution in [2.24, 2.45) is 5.41 Å². The maximum atomic E-state index is 13.2. The quantitative estimate of drug-likeness (QED) is 0.799. The van der Waals surface area contributed by atoms with Crippen LogP contribution in [0.25, 0.3) is 0 Å². The van der Waals surface area contributed by atoms with E-state index in [0.29, 0.717) is 6.42 Å². The third-order valence-electron chi connectivity index (χ3n) is 5.08. The van der Waals surface area contributed by atoms with Crippen molar-refractivity contribution >= 4 is 11.8 Å². The van der Waals surface area contributed by atoms with Gasteiger partial charge in [-0.2, -0.15) is 0 Å². The van der Waals surface area contributed by atoms with E-state index in [-0.39, 0.29) is 29.1 Å². The van der Waals surface area contributed by atoms with Gasteiger partial charge >= 0.3 is 0 Å². The van der Waals surface area contributed by atoms with Crippen LogP contribution in [0.5, 0.6) is 0 Å². The van der Waals surface area contributed by atoms with Crippen molar-refractivity contribution in [2.75, 3.05) is 7.05 Å². The Morgan fingerprint density at radius 1 is 1.14 bits per heavy atom. The van der Waals surface area contributed by atoms with E-state index in [0.717, 1.165) is 5.56 Å². The number of hydrogen-bond acceptors (Lipinski definition) is 2. The Hall–Kier alpha value is -1.91. The van der Waals surface area contributed by atoms with Crippen molar-refractivity contribution in [3.05, 3.63) is 35.6 Å². The van der Waals surface area contributed by atoms with Gasteiger partial charge in [-0.1, -0.05) is 26.0 Å². The van der Waals surface area contributed by atoms with E-state index in [4.69, 9.17) is 0 Å². The third kappa shape index (κ3) is 2.02. The molecule has 22 heavy (non-hydrogen) atoms. The fourth-order valence-corrected chi connectivity index (χ4v) is 3.82. The first kappa shape index (κ1) is 15.0. The Balaban J connectivity index is 2.07. The molecular weight excluding hydrogens is 283 g/mol. The molecule has 0 aromatic heterocycles. The van der Waals surface area contributed by atoms with E-state index in [9.17, 15) is 14.0 Å². The van der Waals surface area contributed by atoms with Gasteiger partial charge in [0.2, 0.25) is 11.8 Å². The molecule has 2 heterocycles. The van der Waals surface area contributed by atoms with Crippen LogP contribution in [-0.4, -0.2) is 40.7 Å². The molecular formula is C17H21FN2O2. The van der Waals surface area contributed by atoms with Gasteiger partial charge < -0.3 is 9.80 Å². The summed E-state index contributed by atoms with van der Waals surface area (Å²) in [6, 6.07) is 5.16. The van der Waals surface area contributed by atoms with Crippen molar-refractivity contribution in [1.82, 2.24) is 9.80 Å². The van der Waals surface area contributed by atoms with Crippen LogP contribution in [0.3, 0.4) is 0 Å². The topological polar surface area (TPSA) is 40.6 Å². The van der Waals surface area contributed by atoms with Crippen LogP contribution in [0, 0.1) is 11.2 Å². The number of rotatable bonds is 1. The molecule has 1 aromatic rings. The van der Waals surface area contributed by atoms with Crippen LogP contribution >= 0.6 is 0 Å². The molecule has 3 atom stereocenters. The van der Waals surface area contributed by atoms with Gasteiger partial charge in [0.25, 0.3) is 0 Å². The molecule has 4 nitrogen and oxygen atoms in total. The Morgan fingerprint density at radius 2 is 1.73 bits per heavy atom. The van der Waals surface area contributed by atoms with Crippen molar-refractivity contribution in [2.45, 2.75) is 45.3 Å². The number of nitrogens with zero attached hydrogens (tertiary/aromatic N) is 2. The number of amides is 2. The summed E-state index contributed by atoms with van der Waals surface area (Å²) in [4.78, 5) is 28.6. The zero-order valence-corrected chi connectivity index (χ0v) is 13.3. The normalized spacial score (nSPS) is 30.7. The van der Waals surface area contributed by atoms with Crippen molar-refractivity contribution in [3.63, 3.8) is 0 Å². The molecule has 1 aromatic carbocycles. The van der Waals surface area contributed by atoms with Crippen LogP contribution in [0.4, 0.5) is 4.39 Å². The van der Waals surface area contributed by atoms with Gasteiger partial charge in [0, 0.05) is 7.05 Å². The van der Waals surface area contributed by atoms with Gasteiger partial charge in [0.05, 0.1) is 6.04 Å². The molecule has 0 N–H and O–H groups in total. The number of fused-ring (bicyclic) bond motifs is 1. The van der Waals surface area contributed by atoms with E-state index in [1.165, 1.54) is 17.0 Å². The number of benzene rings is 1. The van der Waals surface area contributed by atoms with E-state index >= 15 is 0 Å². The fraction of sp³-hybridized carbons (Fsp3) is 0.529. The number of carbonyl (C=O) groups is 2.